The maximum absolute atomic E-state index is 12.3. The highest BCUT2D eigenvalue weighted by atomic mass is 16.6. The van der Waals surface area contributed by atoms with Crippen LogP contribution in [0.3, 0.4) is 0 Å². The first-order valence-corrected chi connectivity index (χ1v) is 7.66. The van der Waals surface area contributed by atoms with Gasteiger partial charge in [0.05, 0.1) is 0 Å². The van der Waals surface area contributed by atoms with Crippen LogP contribution in [0.25, 0.3) is 0 Å². The number of hydrogen-bond acceptors (Lipinski definition) is 4. The fraction of sp³-hybridized carbons (Fsp3) is 0.471. The van der Waals surface area contributed by atoms with E-state index in [0.29, 0.717) is 37.2 Å². The van der Waals surface area contributed by atoms with Crippen LogP contribution in [0.2, 0.25) is 0 Å². The van der Waals surface area contributed by atoms with E-state index in [4.69, 9.17) is 4.74 Å². The van der Waals surface area contributed by atoms with Gasteiger partial charge in [-0.25, -0.2) is 4.79 Å². The minimum atomic E-state index is -0.564. The van der Waals surface area contributed by atoms with Gasteiger partial charge in [0.25, 0.3) is 5.91 Å². The topological polar surface area (TPSA) is 75.7 Å². The molecule has 1 N–H and O–H groups in total. The molecule has 0 radical (unpaired) electrons. The first-order valence-electron chi connectivity index (χ1n) is 7.66. The molecule has 23 heavy (non-hydrogen) atoms. The Balaban J connectivity index is 1.95. The smallest absolute Gasteiger partial charge is 0.412 e. The number of Topliss-reactive ketones (excluding diaryl/α,β-unsaturated/α-hetero) is 1. The lowest BCUT2D eigenvalue weighted by Crippen LogP contribution is -2.38. The van der Waals surface area contributed by atoms with Gasteiger partial charge in [0, 0.05) is 37.2 Å². The Morgan fingerprint density at radius 2 is 1.65 bits per heavy atom. The molecular weight excluding hydrogens is 296 g/mol. The van der Waals surface area contributed by atoms with E-state index < -0.39 is 11.7 Å². The van der Waals surface area contributed by atoms with Gasteiger partial charge in [-0.05, 0) is 45.0 Å². The zero-order valence-electron chi connectivity index (χ0n) is 13.7. The number of carbonyl (C=O) groups is 3. The summed E-state index contributed by atoms with van der Waals surface area (Å²) in [7, 11) is 0. The van der Waals surface area contributed by atoms with Crippen molar-refractivity contribution in [3.8, 4) is 0 Å². The molecule has 1 aliphatic rings. The molecule has 1 heterocycles. The molecule has 1 aromatic carbocycles. The molecule has 6 nitrogen and oxygen atoms in total. The number of nitrogens with zero attached hydrogens (tertiary/aromatic N) is 1. The highest BCUT2D eigenvalue weighted by molar-refractivity contribution is 5.96. The fourth-order valence-corrected chi connectivity index (χ4v) is 2.26. The van der Waals surface area contributed by atoms with E-state index in [-0.39, 0.29) is 11.7 Å². The Hall–Kier alpha value is -2.37. The molecule has 0 unspecified atom stereocenters. The summed E-state index contributed by atoms with van der Waals surface area (Å²) >= 11 is 0. The van der Waals surface area contributed by atoms with Crippen LogP contribution in [-0.4, -0.2) is 41.4 Å². The van der Waals surface area contributed by atoms with Gasteiger partial charge < -0.3 is 9.64 Å². The van der Waals surface area contributed by atoms with E-state index in [2.05, 4.69) is 5.32 Å². The van der Waals surface area contributed by atoms with Crippen molar-refractivity contribution in [2.24, 2.45) is 0 Å². The van der Waals surface area contributed by atoms with Crippen molar-refractivity contribution in [3.63, 3.8) is 0 Å². The van der Waals surface area contributed by atoms with E-state index >= 15 is 0 Å². The summed E-state index contributed by atoms with van der Waals surface area (Å²) in [4.78, 5) is 36.9. The molecule has 0 bridgehead atoms. The maximum Gasteiger partial charge on any atom is 0.412 e. The molecule has 2 amide bonds. The summed E-state index contributed by atoms with van der Waals surface area (Å²) in [6.45, 7) is 6.30. The van der Waals surface area contributed by atoms with Gasteiger partial charge in [0.2, 0.25) is 0 Å². The van der Waals surface area contributed by atoms with E-state index in [9.17, 15) is 14.4 Å². The van der Waals surface area contributed by atoms with Crippen molar-refractivity contribution < 1.29 is 19.1 Å². The van der Waals surface area contributed by atoms with Gasteiger partial charge in [-0.1, -0.05) is 0 Å². The minimum Gasteiger partial charge on any atom is -0.444 e. The third-order valence-electron chi connectivity index (χ3n) is 3.39. The van der Waals surface area contributed by atoms with Crippen molar-refractivity contribution in [1.29, 1.82) is 0 Å². The summed E-state index contributed by atoms with van der Waals surface area (Å²) in [6, 6.07) is 6.63. The highest BCUT2D eigenvalue weighted by Gasteiger charge is 2.22. The van der Waals surface area contributed by atoms with E-state index in [1.165, 1.54) is 0 Å². The van der Waals surface area contributed by atoms with Crippen LogP contribution in [0.4, 0.5) is 10.5 Å². The number of anilines is 1. The molecule has 0 atom stereocenters. The van der Waals surface area contributed by atoms with Gasteiger partial charge in [-0.3, -0.25) is 14.9 Å². The summed E-state index contributed by atoms with van der Waals surface area (Å²) in [5.74, 6) is 0.104. The Kier molecular flexibility index (Phi) is 5.03. The van der Waals surface area contributed by atoms with Crippen molar-refractivity contribution in [3.05, 3.63) is 29.8 Å². The highest BCUT2D eigenvalue weighted by Crippen LogP contribution is 2.16. The number of hydrogen-bond donors (Lipinski definition) is 1. The molecule has 1 saturated heterocycles. The van der Waals surface area contributed by atoms with E-state index in [0.717, 1.165) is 0 Å². The van der Waals surface area contributed by atoms with Crippen molar-refractivity contribution >= 4 is 23.5 Å². The normalized spacial score (nSPS) is 15.3. The molecule has 0 aliphatic carbocycles. The second-order valence-corrected chi connectivity index (χ2v) is 6.54. The van der Waals surface area contributed by atoms with Crippen LogP contribution in [0, 0.1) is 0 Å². The van der Waals surface area contributed by atoms with Gasteiger partial charge in [-0.2, -0.15) is 0 Å². The Morgan fingerprint density at radius 3 is 2.17 bits per heavy atom. The monoisotopic (exact) mass is 318 g/mol. The molecule has 1 fully saturated rings. The number of rotatable bonds is 2. The Bertz CT molecular complexity index is 592. The van der Waals surface area contributed by atoms with E-state index in [1.54, 1.807) is 49.9 Å². The largest absolute Gasteiger partial charge is 0.444 e. The predicted molar refractivity (Wildman–Crippen MR) is 86.4 cm³/mol. The number of ketones is 1. The van der Waals surface area contributed by atoms with Crippen LogP contribution in [0.1, 0.15) is 44.0 Å². The molecule has 0 spiro atoms. The van der Waals surface area contributed by atoms with Crippen molar-refractivity contribution in [2.75, 3.05) is 18.4 Å². The average molecular weight is 318 g/mol. The summed E-state index contributed by atoms with van der Waals surface area (Å²) in [5.41, 5.74) is 0.532. The summed E-state index contributed by atoms with van der Waals surface area (Å²) < 4.78 is 5.17. The van der Waals surface area contributed by atoms with Crippen LogP contribution >= 0.6 is 0 Å². The van der Waals surface area contributed by atoms with Crippen molar-refractivity contribution in [2.45, 2.75) is 39.2 Å². The second kappa shape index (κ2) is 6.81. The first-order chi connectivity index (χ1) is 10.7. The molecule has 1 aliphatic heterocycles. The third kappa shape index (κ3) is 5.09. The zero-order valence-corrected chi connectivity index (χ0v) is 13.7. The minimum absolute atomic E-state index is 0.0960. The number of carbonyl (C=O) groups excluding carboxylic acids is 3. The fourth-order valence-electron chi connectivity index (χ4n) is 2.26. The number of amides is 2. The molecule has 0 saturated carbocycles. The first kappa shape index (κ1) is 17.0. The van der Waals surface area contributed by atoms with Crippen molar-refractivity contribution in [1.82, 2.24) is 4.90 Å². The predicted octanol–water partition coefficient (Wildman–Crippen LogP) is 2.84. The zero-order chi connectivity index (χ0) is 17.0. The van der Waals surface area contributed by atoms with Gasteiger partial charge in [0.1, 0.15) is 11.4 Å². The van der Waals surface area contributed by atoms with Crippen LogP contribution in [0.5, 0.6) is 0 Å². The molecule has 6 heteroatoms. The average Bonchev–Trinajstić information content (AvgIpc) is 2.46. The number of nitrogens with one attached hydrogen (secondary N) is 1. The summed E-state index contributed by atoms with van der Waals surface area (Å²) in [5, 5.41) is 2.62. The van der Waals surface area contributed by atoms with Crippen LogP contribution in [0.15, 0.2) is 24.3 Å². The number of benzene rings is 1. The van der Waals surface area contributed by atoms with Crippen LogP contribution in [-0.2, 0) is 9.53 Å². The molecular formula is C17H22N2O4. The Labute approximate surface area is 135 Å². The maximum atomic E-state index is 12.3. The number of ether oxygens (including phenoxy) is 1. The molecule has 0 aromatic heterocycles. The molecule has 124 valence electrons. The lowest BCUT2D eigenvalue weighted by atomic mass is 10.1. The quantitative estimate of drug-likeness (QED) is 0.910. The van der Waals surface area contributed by atoms with Gasteiger partial charge in [-0.15, -0.1) is 0 Å². The van der Waals surface area contributed by atoms with E-state index in [1.807, 2.05) is 0 Å². The lowest BCUT2D eigenvalue weighted by molar-refractivity contribution is -0.120. The number of likely N-dealkylation sites (tertiary alicyclic amines) is 1. The lowest BCUT2D eigenvalue weighted by Gasteiger charge is -2.26. The van der Waals surface area contributed by atoms with Gasteiger partial charge >= 0.3 is 6.09 Å². The Morgan fingerprint density at radius 1 is 1.09 bits per heavy atom. The second-order valence-electron chi connectivity index (χ2n) is 6.54. The van der Waals surface area contributed by atoms with Gasteiger partial charge in [0.15, 0.2) is 0 Å². The number of piperidine rings is 1. The standard InChI is InChI=1S/C17H22N2O4/c1-17(2,3)23-16(22)18-13-6-4-12(5-7-13)15(21)19-10-8-14(20)9-11-19/h4-7H,8-11H2,1-3H3,(H,18,22). The third-order valence-corrected chi connectivity index (χ3v) is 3.39. The van der Waals surface area contributed by atoms with Crippen LogP contribution < -0.4 is 5.32 Å². The molecule has 2 rings (SSSR count). The molecule has 1 aromatic rings. The SMILES string of the molecule is CC(C)(C)OC(=O)Nc1ccc(C(=O)N2CCC(=O)CC2)cc1. The summed E-state index contributed by atoms with van der Waals surface area (Å²) in [6.07, 6.45) is 0.305.